The molecule has 5 nitrogen and oxygen atoms in total. The minimum absolute atomic E-state index is 0.0911. The zero-order valence-corrected chi connectivity index (χ0v) is 14.1. The maximum Gasteiger partial charge on any atom is 0.323 e. The van der Waals surface area contributed by atoms with Gasteiger partial charge >= 0.3 is 5.97 Å². The van der Waals surface area contributed by atoms with Crippen molar-refractivity contribution in [3.63, 3.8) is 0 Å². The quantitative estimate of drug-likeness (QED) is 0.776. The lowest BCUT2D eigenvalue weighted by Crippen LogP contribution is -2.18. The normalized spacial score (nSPS) is 15.0. The van der Waals surface area contributed by atoms with E-state index in [-0.39, 0.29) is 6.54 Å². The second-order valence-corrected chi connectivity index (χ2v) is 6.59. The lowest BCUT2D eigenvalue weighted by molar-refractivity contribution is -0.137. The van der Waals surface area contributed by atoms with E-state index in [4.69, 9.17) is 4.98 Å². The van der Waals surface area contributed by atoms with E-state index in [0.717, 1.165) is 36.2 Å². The fraction of sp³-hybridized carbons (Fsp3) is 0.300. The van der Waals surface area contributed by atoms with Crippen molar-refractivity contribution >= 4 is 17.0 Å². The number of benzene rings is 2. The second kappa shape index (κ2) is 6.69. The summed E-state index contributed by atoms with van der Waals surface area (Å²) in [5.74, 6) is -0.149. The summed E-state index contributed by atoms with van der Waals surface area (Å²) >= 11 is 0. The van der Waals surface area contributed by atoms with Crippen molar-refractivity contribution in [1.82, 2.24) is 14.5 Å². The van der Waals surface area contributed by atoms with Gasteiger partial charge in [-0.1, -0.05) is 30.3 Å². The third kappa shape index (κ3) is 3.28. The highest BCUT2D eigenvalue weighted by molar-refractivity contribution is 5.82. The number of carbonyl (C=O) groups is 1. The van der Waals surface area contributed by atoms with Crippen LogP contribution in [-0.2, 0) is 17.9 Å². The van der Waals surface area contributed by atoms with Crippen LogP contribution in [0.5, 0.6) is 0 Å². The maximum absolute atomic E-state index is 11.3. The lowest BCUT2D eigenvalue weighted by atomic mass is 10.1. The van der Waals surface area contributed by atoms with E-state index in [2.05, 4.69) is 17.0 Å². The van der Waals surface area contributed by atoms with Gasteiger partial charge in [0.1, 0.15) is 12.4 Å². The average Bonchev–Trinajstić information content (AvgIpc) is 3.23. The molecule has 1 N–H and O–H groups in total. The van der Waals surface area contributed by atoms with Crippen molar-refractivity contribution in [2.45, 2.75) is 25.9 Å². The SMILES string of the molecule is O=C(O)Cn1c(-c2cccc(CN3CCCC3)c2)nc2ccccc21. The van der Waals surface area contributed by atoms with E-state index in [0.29, 0.717) is 5.82 Å². The number of nitrogens with zero attached hydrogens (tertiary/aromatic N) is 3. The predicted octanol–water partition coefficient (Wildman–Crippen LogP) is 3.38. The summed E-state index contributed by atoms with van der Waals surface area (Å²) in [6.45, 7) is 3.16. The van der Waals surface area contributed by atoms with Crippen molar-refractivity contribution in [3.8, 4) is 11.4 Å². The van der Waals surface area contributed by atoms with Gasteiger partial charge in [-0.15, -0.1) is 0 Å². The van der Waals surface area contributed by atoms with Crippen molar-refractivity contribution in [2.75, 3.05) is 13.1 Å². The highest BCUT2D eigenvalue weighted by Crippen LogP contribution is 2.26. The molecule has 1 aromatic heterocycles. The van der Waals surface area contributed by atoms with Gasteiger partial charge in [0.2, 0.25) is 0 Å². The van der Waals surface area contributed by atoms with Crippen LogP contribution in [0.25, 0.3) is 22.4 Å². The molecule has 4 rings (SSSR count). The van der Waals surface area contributed by atoms with Gasteiger partial charge in [-0.05, 0) is 49.7 Å². The summed E-state index contributed by atoms with van der Waals surface area (Å²) < 4.78 is 1.78. The van der Waals surface area contributed by atoms with E-state index in [9.17, 15) is 9.90 Å². The fourth-order valence-corrected chi connectivity index (χ4v) is 3.60. The molecule has 0 unspecified atom stereocenters. The van der Waals surface area contributed by atoms with Gasteiger partial charge in [-0.2, -0.15) is 0 Å². The molecule has 0 bridgehead atoms. The minimum Gasteiger partial charge on any atom is -0.480 e. The van der Waals surface area contributed by atoms with Gasteiger partial charge in [0.25, 0.3) is 0 Å². The van der Waals surface area contributed by atoms with Crippen molar-refractivity contribution < 1.29 is 9.90 Å². The molecule has 1 saturated heterocycles. The van der Waals surface area contributed by atoms with Crippen LogP contribution in [0.1, 0.15) is 18.4 Å². The summed E-state index contributed by atoms with van der Waals surface area (Å²) in [4.78, 5) is 18.5. The van der Waals surface area contributed by atoms with Crippen molar-refractivity contribution in [1.29, 1.82) is 0 Å². The van der Waals surface area contributed by atoms with Gasteiger partial charge < -0.3 is 9.67 Å². The summed E-state index contributed by atoms with van der Waals surface area (Å²) in [6, 6.07) is 16.0. The number of carboxylic acid groups (broad SMARTS) is 1. The third-order valence-electron chi connectivity index (χ3n) is 4.74. The zero-order chi connectivity index (χ0) is 17.2. The van der Waals surface area contributed by atoms with Crippen LogP contribution in [0.2, 0.25) is 0 Å². The van der Waals surface area contributed by atoms with Crippen LogP contribution in [0.15, 0.2) is 48.5 Å². The van der Waals surface area contributed by atoms with Crippen LogP contribution < -0.4 is 0 Å². The van der Waals surface area contributed by atoms with Crippen molar-refractivity contribution in [3.05, 3.63) is 54.1 Å². The Balaban J connectivity index is 1.74. The Morgan fingerprint density at radius 1 is 1.08 bits per heavy atom. The monoisotopic (exact) mass is 335 g/mol. The number of imidazole rings is 1. The van der Waals surface area contributed by atoms with Crippen LogP contribution in [0.3, 0.4) is 0 Å². The first kappa shape index (κ1) is 15.8. The number of hydrogen-bond acceptors (Lipinski definition) is 3. The lowest BCUT2D eigenvalue weighted by Gasteiger charge is -2.15. The highest BCUT2D eigenvalue weighted by atomic mass is 16.4. The molecule has 25 heavy (non-hydrogen) atoms. The third-order valence-corrected chi connectivity index (χ3v) is 4.74. The Labute approximate surface area is 146 Å². The van der Waals surface area contributed by atoms with E-state index in [1.165, 1.54) is 18.4 Å². The molecule has 0 atom stereocenters. The van der Waals surface area contributed by atoms with Crippen molar-refractivity contribution in [2.24, 2.45) is 0 Å². The Morgan fingerprint density at radius 2 is 1.88 bits per heavy atom. The zero-order valence-electron chi connectivity index (χ0n) is 14.1. The van der Waals surface area contributed by atoms with Crippen LogP contribution in [0.4, 0.5) is 0 Å². The summed E-state index contributed by atoms with van der Waals surface area (Å²) in [7, 11) is 0. The first-order valence-electron chi connectivity index (χ1n) is 8.69. The molecule has 1 aliphatic rings. The number of hydrogen-bond donors (Lipinski definition) is 1. The highest BCUT2D eigenvalue weighted by Gasteiger charge is 2.16. The molecule has 0 aliphatic carbocycles. The minimum atomic E-state index is -0.863. The Kier molecular flexibility index (Phi) is 4.24. The second-order valence-electron chi connectivity index (χ2n) is 6.59. The number of aromatic nitrogens is 2. The van der Waals surface area contributed by atoms with Crippen LogP contribution in [0, 0.1) is 0 Å². The molecule has 3 aromatic rings. The van der Waals surface area contributed by atoms with Gasteiger partial charge in [0.05, 0.1) is 11.0 Å². The molecule has 0 spiro atoms. The molecule has 0 saturated carbocycles. The smallest absolute Gasteiger partial charge is 0.323 e. The largest absolute Gasteiger partial charge is 0.480 e. The number of likely N-dealkylation sites (tertiary alicyclic amines) is 1. The topological polar surface area (TPSA) is 58.4 Å². The molecular weight excluding hydrogens is 314 g/mol. The molecular formula is C20H21N3O2. The van der Waals surface area contributed by atoms with E-state index >= 15 is 0 Å². The molecule has 1 fully saturated rings. The number of carboxylic acids is 1. The van der Waals surface area contributed by atoms with Gasteiger partial charge in [-0.3, -0.25) is 9.69 Å². The van der Waals surface area contributed by atoms with E-state index < -0.39 is 5.97 Å². The summed E-state index contributed by atoms with van der Waals surface area (Å²) in [5, 5.41) is 9.31. The number of aliphatic carboxylic acids is 1. The number of rotatable bonds is 5. The number of fused-ring (bicyclic) bond motifs is 1. The molecule has 1 aliphatic heterocycles. The maximum atomic E-state index is 11.3. The average molecular weight is 335 g/mol. The Bertz CT molecular complexity index is 910. The summed E-state index contributed by atoms with van der Waals surface area (Å²) in [6.07, 6.45) is 2.54. The standard InChI is InChI=1S/C20H21N3O2/c24-19(25)14-23-18-9-2-1-8-17(18)21-20(23)16-7-5-6-15(12-16)13-22-10-3-4-11-22/h1-2,5-9,12H,3-4,10-11,13-14H2,(H,24,25). The molecule has 0 amide bonds. The van der Waals surface area contributed by atoms with Gasteiger partial charge in [-0.25, -0.2) is 4.98 Å². The molecule has 2 heterocycles. The van der Waals surface area contributed by atoms with E-state index in [1.54, 1.807) is 4.57 Å². The Hall–Kier alpha value is -2.66. The predicted molar refractivity (Wildman–Crippen MR) is 97.3 cm³/mol. The van der Waals surface area contributed by atoms with E-state index in [1.807, 2.05) is 36.4 Å². The summed E-state index contributed by atoms with van der Waals surface area (Å²) in [5.41, 5.74) is 3.89. The van der Waals surface area contributed by atoms with Gasteiger partial charge in [0, 0.05) is 12.1 Å². The van der Waals surface area contributed by atoms with Crippen LogP contribution in [-0.4, -0.2) is 38.6 Å². The first-order chi connectivity index (χ1) is 12.2. The number of para-hydroxylation sites is 2. The first-order valence-corrected chi connectivity index (χ1v) is 8.69. The molecule has 128 valence electrons. The fourth-order valence-electron chi connectivity index (χ4n) is 3.60. The molecule has 5 heteroatoms. The Morgan fingerprint density at radius 3 is 2.68 bits per heavy atom. The van der Waals surface area contributed by atoms with Gasteiger partial charge in [0.15, 0.2) is 0 Å². The van der Waals surface area contributed by atoms with Crippen LogP contribution >= 0.6 is 0 Å². The molecule has 2 aromatic carbocycles. The molecule has 0 radical (unpaired) electrons.